The minimum atomic E-state index is -0.941. The minimum absolute atomic E-state index is 0.458. The zero-order chi connectivity index (χ0) is 10.6. The van der Waals surface area contributed by atoms with E-state index >= 15 is 0 Å². The van der Waals surface area contributed by atoms with Gasteiger partial charge in [-0.25, -0.2) is 0 Å². The zero-order valence-corrected chi connectivity index (χ0v) is 8.32. The van der Waals surface area contributed by atoms with Crippen LogP contribution in [0.2, 0.25) is 0 Å². The van der Waals surface area contributed by atoms with Crippen molar-refractivity contribution >= 4 is 5.91 Å². The van der Waals surface area contributed by atoms with Crippen LogP contribution in [0.15, 0.2) is 18.6 Å². The van der Waals surface area contributed by atoms with E-state index in [4.69, 9.17) is 5.73 Å². The van der Waals surface area contributed by atoms with Gasteiger partial charge in [0.1, 0.15) is 5.54 Å². The molecule has 1 rings (SSSR count). The number of hydrogen-bond donors (Lipinski definition) is 2. The van der Waals surface area contributed by atoms with E-state index in [0.717, 1.165) is 0 Å². The second kappa shape index (κ2) is 4.15. The summed E-state index contributed by atoms with van der Waals surface area (Å²) >= 11 is 0. The molecule has 0 bridgehead atoms. The number of primary amides is 1. The van der Waals surface area contributed by atoms with Gasteiger partial charge in [0, 0.05) is 12.4 Å². The number of carbonyl (C=O) groups excluding carboxylic acids is 1. The monoisotopic (exact) mass is 194 g/mol. The zero-order valence-electron chi connectivity index (χ0n) is 8.32. The predicted molar refractivity (Wildman–Crippen MR) is 52.3 cm³/mol. The highest BCUT2D eigenvalue weighted by molar-refractivity contribution is 5.85. The summed E-state index contributed by atoms with van der Waals surface area (Å²) in [7, 11) is 0. The molecule has 1 atom stereocenters. The van der Waals surface area contributed by atoms with Gasteiger partial charge in [0.25, 0.3) is 0 Å². The van der Waals surface area contributed by atoms with Crippen molar-refractivity contribution < 1.29 is 4.79 Å². The van der Waals surface area contributed by atoms with Crippen LogP contribution in [-0.2, 0) is 10.3 Å². The second-order valence-electron chi connectivity index (χ2n) is 3.11. The highest BCUT2D eigenvalue weighted by Gasteiger charge is 2.33. The topological polar surface area (TPSA) is 80.9 Å². The van der Waals surface area contributed by atoms with Crippen LogP contribution in [0.25, 0.3) is 0 Å². The van der Waals surface area contributed by atoms with Gasteiger partial charge < -0.3 is 5.73 Å². The summed E-state index contributed by atoms with van der Waals surface area (Å²) in [6.07, 6.45) is 4.62. The van der Waals surface area contributed by atoms with Crippen molar-refractivity contribution in [1.29, 1.82) is 0 Å². The van der Waals surface area contributed by atoms with Crippen LogP contribution in [0.1, 0.15) is 19.5 Å². The molecule has 0 aromatic carbocycles. The average molecular weight is 194 g/mol. The molecule has 0 fully saturated rings. The van der Waals surface area contributed by atoms with Crippen molar-refractivity contribution in [1.82, 2.24) is 15.3 Å². The molecule has 1 unspecified atom stereocenters. The van der Waals surface area contributed by atoms with E-state index in [-0.39, 0.29) is 0 Å². The van der Waals surface area contributed by atoms with E-state index in [1.807, 2.05) is 6.92 Å². The standard InChI is InChI=1S/C9H14N4O/c1-3-13-9(2,8(10)14)7-6-11-4-5-12-7/h4-6,13H,3H2,1-2H3,(H2,10,14). The number of rotatable bonds is 4. The summed E-state index contributed by atoms with van der Waals surface area (Å²) in [5.74, 6) is -0.458. The van der Waals surface area contributed by atoms with Crippen LogP contribution in [0, 0.1) is 0 Å². The fourth-order valence-corrected chi connectivity index (χ4v) is 1.21. The van der Waals surface area contributed by atoms with E-state index in [0.29, 0.717) is 12.2 Å². The summed E-state index contributed by atoms with van der Waals surface area (Å²) in [5.41, 5.74) is 4.91. The lowest BCUT2D eigenvalue weighted by Crippen LogP contribution is -2.50. The van der Waals surface area contributed by atoms with Gasteiger partial charge >= 0.3 is 0 Å². The molecule has 1 amide bonds. The summed E-state index contributed by atoms with van der Waals surface area (Å²) in [6.45, 7) is 4.23. The molecule has 0 spiro atoms. The molecule has 0 saturated heterocycles. The molecular formula is C9H14N4O. The number of likely N-dealkylation sites (N-methyl/N-ethyl adjacent to an activating group) is 1. The van der Waals surface area contributed by atoms with Gasteiger partial charge in [0.15, 0.2) is 0 Å². The minimum Gasteiger partial charge on any atom is -0.368 e. The van der Waals surface area contributed by atoms with Crippen molar-refractivity contribution in [3.63, 3.8) is 0 Å². The number of nitrogens with zero attached hydrogens (tertiary/aromatic N) is 2. The van der Waals surface area contributed by atoms with Gasteiger partial charge in [0.2, 0.25) is 5.91 Å². The Hall–Kier alpha value is -1.49. The summed E-state index contributed by atoms with van der Waals surface area (Å²) in [6, 6.07) is 0. The highest BCUT2D eigenvalue weighted by atomic mass is 16.1. The summed E-state index contributed by atoms with van der Waals surface area (Å²) in [5, 5.41) is 3.00. The highest BCUT2D eigenvalue weighted by Crippen LogP contribution is 2.16. The normalized spacial score (nSPS) is 14.7. The van der Waals surface area contributed by atoms with Gasteiger partial charge in [-0.15, -0.1) is 0 Å². The first-order valence-electron chi connectivity index (χ1n) is 4.42. The molecule has 3 N–H and O–H groups in total. The molecule has 0 aliphatic heterocycles. The Morgan fingerprint density at radius 1 is 1.64 bits per heavy atom. The maximum atomic E-state index is 11.3. The van der Waals surface area contributed by atoms with E-state index in [2.05, 4.69) is 15.3 Å². The van der Waals surface area contributed by atoms with E-state index in [1.165, 1.54) is 12.4 Å². The van der Waals surface area contributed by atoms with Crippen LogP contribution >= 0.6 is 0 Å². The third-order valence-corrected chi connectivity index (χ3v) is 2.10. The summed E-state index contributed by atoms with van der Waals surface area (Å²) < 4.78 is 0. The van der Waals surface area contributed by atoms with Crippen molar-refractivity contribution in [2.45, 2.75) is 19.4 Å². The Labute approximate surface area is 82.7 Å². The van der Waals surface area contributed by atoms with Gasteiger partial charge in [-0.3, -0.25) is 20.1 Å². The summed E-state index contributed by atoms with van der Waals surface area (Å²) in [4.78, 5) is 19.3. The second-order valence-corrected chi connectivity index (χ2v) is 3.11. The molecule has 0 aliphatic carbocycles. The molecule has 5 nitrogen and oxygen atoms in total. The van der Waals surface area contributed by atoms with Crippen molar-refractivity contribution in [3.8, 4) is 0 Å². The van der Waals surface area contributed by atoms with Crippen LogP contribution in [-0.4, -0.2) is 22.4 Å². The van der Waals surface area contributed by atoms with Gasteiger partial charge in [-0.2, -0.15) is 0 Å². The van der Waals surface area contributed by atoms with E-state index in [9.17, 15) is 4.79 Å². The Bertz CT molecular complexity index is 314. The quantitative estimate of drug-likeness (QED) is 0.694. The lowest BCUT2D eigenvalue weighted by atomic mass is 9.97. The number of amides is 1. The molecule has 14 heavy (non-hydrogen) atoms. The molecule has 0 aliphatic rings. The largest absolute Gasteiger partial charge is 0.368 e. The molecule has 76 valence electrons. The fourth-order valence-electron chi connectivity index (χ4n) is 1.21. The number of nitrogens with one attached hydrogen (secondary N) is 1. The predicted octanol–water partition coefficient (Wildman–Crippen LogP) is -0.213. The smallest absolute Gasteiger partial charge is 0.243 e. The SMILES string of the molecule is CCNC(C)(C(N)=O)c1cnccn1. The average Bonchev–Trinajstić information content (AvgIpc) is 2.19. The van der Waals surface area contributed by atoms with Crippen molar-refractivity contribution in [2.75, 3.05) is 6.54 Å². The maximum absolute atomic E-state index is 11.3. The van der Waals surface area contributed by atoms with Crippen LogP contribution in [0.3, 0.4) is 0 Å². The van der Waals surface area contributed by atoms with Gasteiger partial charge in [-0.1, -0.05) is 6.92 Å². The van der Waals surface area contributed by atoms with Crippen LogP contribution < -0.4 is 11.1 Å². The first-order chi connectivity index (χ1) is 6.61. The number of hydrogen-bond acceptors (Lipinski definition) is 4. The van der Waals surface area contributed by atoms with Crippen LogP contribution in [0.4, 0.5) is 0 Å². The molecule has 5 heteroatoms. The Morgan fingerprint density at radius 2 is 2.36 bits per heavy atom. The number of nitrogens with two attached hydrogens (primary N) is 1. The third-order valence-electron chi connectivity index (χ3n) is 2.10. The Balaban J connectivity index is 3.06. The number of carbonyl (C=O) groups is 1. The molecule has 1 heterocycles. The molecule has 1 aromatic rings. The molecular weight excluding hydrogens is 180 g/mol. The van der Waals surface area contributed by atoms with Gasteiger partial charge in [-0.05, 0) is 13.5 Å². The lowest BCUT2D eigenvalue weighted by Gasteiger charge is -2.25. The third kappa shape index (κ3) is 1.88. The first kappa shape index (κ1) is 10.6. The molecule has 0 radical (unpaired) electrons. The maximum Gasteiger partial charge on any atom is 0.243 e. The molecule has 0 saturated carbocycles. The fraction of sp³-hybridized carbons (Fsp3) is 0.444. The number of aromatic nitrogens is 2. The van der Waals surface area contributed by atoms with Crippen molar-refractivity contribution in [2.24, 2.45) is 5.73 Å². The first-order valence-corrected chi connectivity index (χ1v) is 4.42. The van der Waals surface area contributed by atoms with E-state index < -0.39 is 11.4 Å². The van der Waals surface area contributed by atoms with Crippen molar-refractivity contribution in [3.05, 3.63) is 24.3 Å². The lowest BCUT2D eigenvalue weighted by molar-refractivity contribution is -0.124. The van der Waals surface area contributed by atoms with E-state index in [1.54, 1.807) is 13.1 Å². The Morgan fingerprint density at radius 3 is 2.79 bits per heavy atom. The molecule has 1 aromatic heterocycles. The Kier molecular flexibility index (Phi) is 3.14. The van der Waals surface area contributed by atoms with Gasteiger partial charge in [0.05, 0.1) is 11.9 Å². The van der Waals surface area contributed by atoms with Crippen LogP contribution in [0.5, 0.6) is 0 Å².